The lowest BCUT2D eigenvalue weighted by molar-refractivity contribution is -0.159. The van der Waals surface area contributed by atoms with E-state index in [1.165, 1.54) is 12.5 Å². The zero-order chi connectivity index (χ0) is 47.1. The molecule has 0 aromatic carbocycles. The van der Waals surface area contributed by atoms with E-state index in [2.05, 4.69) is 36.6 Å². The summed E-state index contributed by atoms with van der Waals surface area (Å²) in [4.78, 5) is 145. The lowest BCUT2D eigenvalue weighted by Gasteiger charge is -2.27. The first-order valence-corrected chi connectivity index (χ1v) is 18.8. The summed E-state index contributed by atoms with van der Waals surface area (Å²) in [6, 6.07) is -11.9. The molecule has 346 valence electrons. The van der Waals surface area contributed by atoms with Crippen LogP contribution >= 0.6 is 0 Å². The number of nitrogens with zero attached hydrogens (tertiary/aromatic N) is 1. The maximum absolute atomic E-state index is 13.7. The van der Waals surface area contributed by atoms with E-state index in [0.29, 0.717) is 6.42 Å². The van der Waals surface area contributed by atoms with Gasteiger partial charge in [0, 0.05) is 31.2 Å². The molecule has 1 heterocycles. The average molecular weight is 887 g/mol. The van der Waals surface area contributed by atoms with Gasteiger partial charge in [0.1, 0.15) is 36.3 Å². The number of H-pyrrole nitrogens is 1. The van der Waals surface area contributed by atoms with Crippen LogP contribution in [0.25, 0.3) is 0 Å². The molecule has 0 bridgehead atoms. The Morgan fingerprint density at radius 2 is 1.00 bits per heavy atom. The number of nitrogens with one attached hydrogen (secondary N) is 7. The van der Waals surface area contributed by atoms with E-state index in [4.69, 9.17) is 28.0 Å². The number of carboxylic acids is 2. The third-order valence-electron chi connectivity index (χ3n) is 8.79. The highest BCUT2D eigenvalue weighted by atomic mass is 16.4. The van der Waals surface area contributed by atoms with Crippen LogP contribution in [0.3, 0.4) is 0 Å². The second-order valence-corrected chi connectivity index (χ2v) is 13.6. The summed E-state index contributed by atoms with van der Waals surface area (Å²) in [7, 11) is 0. The van der Waals surface area contributed by atoms with Gasteiger partial charge in [-0.25, -0.2) is 4.98 Å². The monoisotopic (exact) mass is 886 g/mol. The van der Waals surface area contributed by atoms with Gasteiger partial charge in [0.2, 0.25) is 53.2 Å². The van der Waals surface area contributed by atoms with E-state index in [1.807, 2.05) is 5.32 Å². The fraction of sp³-hybridized carbons (Fsp3) is 0.588. The minimum atomic E-state index is -2.56. The predicted octanol–water partition coefficient (Wildman–Crippen LogP) is -8.82. The molecule has 0 aliphatic rings. The first-order chi connectivity index (χ1) is 29.2. The number of aromatic amines is 1. The molecule has 1 rings (SSSR count). The first kappa shape index (κ1) is 53.4. The molecule has 8 amide bonds. The minimum absolute atomic E-state index is 0.135. The number of carbonyl (C=O) groups excluding carboxylic acids is 9. The number of unbranched alkanes of at least 4 members (excludes halogenated alkanes) is 1. The second kappa shape index (κ2) is 27.3. The first-order valence-electron chi connectivity index (χ1n) is 18.8. The Bertz CT molecular complexity index is 1730. The van der Waals surface area contributed by atoms with Crippen molar-refractivity contribution in [3.05, 3.63) is 18.2 Å². The van der Waals surface area contributed by atoms with Gasteiger partial charge in [-0.05, 0) is 38.6 Å². The minimum Gasteiger partial charge on any atom is -0.480 e. The van der Waals surface area contributed by atoms with Crippen LogP contribution in [0.2, 0.25) is 0 Å². The third-order valence-corrected chi connectivity index (χ3v) is 8.79. The number of nitrogens with two attached hydrogens (primary N) is 4. The van der Waals surface area contributed by atoms with Crippen LogP contribution in [-0.4, -0.2) is 169 Å². The Balaban J connectivity index is 3.35. The van der Waals surface area contributed by atoms with E-state index in [-0.39, 0.29) is 31.5 Å². The average Bonchev–Trinajstić information content (AvgIpc) is 3.73. The van der Waals surface area contributed by atoms with Gasteiger partial charge in [0.05, 0.1) is 32.2 Å². The lowest BCUT2D eigenvalue weighted by atomic mass is 9.94. The van der Waals surface area contributed by atoms with Gasteiger partial charge in [-0.3, -0.25) is 52.7 Å². The van der Waals surface area contributed by atoms with Gasteiger partial charge >= 0.3 is 11.9 Å². The molecule has 20 N–H and O–H groups in total. The fourth-order valence-corrected chi connectivity index (χ4v) is 5.38. The molecule has 0 aliphatic carbocycles. The molecule has 0 saturated heterocycles. The molecule has 0 aliphatic heterocycles. The van der Waals surface area contributed by atoms with Crippen LogP contribution in [0.15, 0.2) is 12.5 Å². The van der Waals surface area contributed by atoms with Crippen LogP contribution < -0.4 is 54.8 Å². The maximum Gasteiger partial charge on any atom is 0.325 e. The summed E-state index contributed by atoms with van der Waals surface area (Å²) >= 11 is 0. The summed E-state index contributed by atoms with van der Waals surface area (Å²) in [5, 5.41) is 60.9. The number of hydrogen-bond acceptors (Lipinski definition) is 17. The summed E-state index contributed by atoms with van der Waals surface area (Å²) in [6.07, 6.45) is 0.345. The SMILES string of the molecule is NCCCC[C@H](NC(=O)[C@H](Cc1cnc[nH]1)NC(=O)[C@H](CCC(N)=O)NC(=O)[C@H](CO)NC(=O)[C@H](CO)NC(=O)[C@H](CCC(N)=O)NC(=O)[C@@H](N)CO)C(=O)C(C(=O)O)C(=O)O. The standard InChI is InChI=1S/C34H54N12O16/c35-8-2-1-3-17(26(52)25(33(59)60)34(61)62)41-30(56)20(9-15-10-39-14-40-15)44-28(54)19(5-7-24(38)51)43-31(57)21(12-48)46-32(58)22(13-49)45-29(55)18(4-6-23(37)50)42-27(53)16(36)11-47/h10,14,16-22,25,47-49H,1-9,11-13,35-36H2,(H2,37,50)(H2,38,51)(H,39,40)(H,41,56)(H,42,53)(H,43,57)(H,44,54)(H,45,55)(H,46,58)(H,59,60)(H,61,62)/t16-,17-,18-,19-,20-,21-,22-/m0/s1. The summed E-state index contributed by atoms with van der Waals surface area (Å²) < 4.78 is 0. The molecular formula is C34H54N12O16. The highest BCUT2D eigenvalue weighted by Gasteiger charge is 2.40. The quantitative estimate of drug-likeness (QED) is 0.0243. The molecule has 7 atom stereocenters. The van der Waals surface area contributed by atoms with Crippen molar-refractivity contribution in [1.82, 2.24) is 41.9 Å². The zero-order valence-electron chi connectivity index (χ0n) is 33.2. The van der Waals surface area contributed by atoms with Crippen molar-refractivity contribution in [3.63, 3.8) is 0 Å². The topological polar surface area (TPSA) is 494 Å². The van der Waals surface area contributed by atoms with Crippen molar-refractivity contribution >= 4 is 65.0 Å². The van der Waals surface area contributed by atoms with Crippen molar-refractivity contribution in [2.24, 2.45) is 28.9 Å². The largest absolute Gasteiger partial charge is 0.480 e. The number of amides is 8. The number of primary amides is 2. The van der Waals surface area contributed by atoms with Gasteiger partial charge in [-0.15, -0.1) is 0 Å². The Kier molecular flexibility index (Phi) is 23.5. The number of aromatic nitrogens is 2. The van der Waals surface area contributed by atoms with Crippen LogP contribution in [0.1, 0.15) is 50.6 Å². The molecule has 62 heavy (non-hydrogen) atoms. The van der Waals surface area contributed by atoms with E-state index < -0.39 is 159 Å². The molecule has 1 aromatic heterocycles. The van der Waals surface area contributed by atoms with Gasteiger partial charge in [-0.2, -0.15) is 0 Å². The van der Waals surface area contributed by atoms with E-state index >= 15 is 0 Å². The number of ketones is 1. The number of aliphatic hydroxyl groups is 3. The number of carboxylic acid groups (broad SMARTS) is 2. The van der Waals surface area contributed by atoms with Crippen molar-refractivity contribution in [2.75, 3.05) is 26.4 Å². The lowest BCUT2D eigenvalue weighted by Crippen LogP contribution is -2.61. The number of rotatable bonds is 31. The Hall–Kier alpha value is -6.62. The molecule has 0 unspecified atom stereocenters. The fourth-order valence-electron chi connectivity index (χ4n) is 5.38. The molecular weight excluding hydrogens is 832 g/mol. The summed E-state index contributed by atoms with van der Waals surface area (Å²) in [5.74, 6) is -16.8. The van der Waals surface area contributed by atoms with Crippen LogP contribution in [0, 0.1) is 5.92 Å². The number of imidazole rings is 1. The summed E-state index contributed by atoms with van der Waals surface area (Å²) in [5.41, 5.74) is 21.6. The third kappa shape index (κ3) is 18.3. The maximum atomic E-state index is 13.7. The second-order valence-electron chi connectivity index (χ2n) is 13.6. The van der Waals surface area contributed by atoms with Crippen LogP contribution in [0.4, 0.5) is 0 Å². The normalized spacial score (nSPS) is 14.4. The van der Waals surface area contributed by atoms with E-state index in [0.717, 1.165) is 0 Å². The van der Waals surface area contributed by atoms with Gasteiger partial charge in [-0.1, -0.05) is 0 Å². The number of aliphatic hydroxyl groups excluding tert-OH is 3. The highest BCUT2D eigenvalue weighted by molar-refractivity contribution is 6.16. The molecule has 0 saturated carbocycles. The molecule has 1 aromatic rings. The molecule has 0 fully saturated rings. The smallest absolute Gasteiger partial charge is 0.325 e. The van der Waals surface area contributed by atoms with Crippen molar-refractivity contribution in [2.45, 2.75) is 93.7 Å². The molecule has 0 spiro atoms. The Labute approximate surface area is 352 Å². The van der Waals surface area contributed by atoms with E-state index in [9.17, 15) is 73.2 Å². The van der Waals surface area contributed by atoms with Crippen molar-refractivity contribution in [3.8, 4) is 0 Å². The zero-order valence-corrected chi connectivity index (χ0v) is 33.2. The number of aliphatic carboxylic acids is 2. The van der Waals surface area contributed by atoms with Crippen molar-refractivity contribution in [1.29, 1.82) is 0 Å². The van der Waals surface area contributed by atoms with E-state index in [1.54, 1.807) is 0 Å². The molecule has 28 nitrogen and oxygen atoms in total. The predicted molar refractivity (Wildman–Crippen MR) is 207 cm³/mol. The van der Waals surface area contributed by atoms with Gasteiger partial charge in [0.15, 0.2) is 5.78 Å². The number of carbonyl (C=O) groups is 11. The Morgan fingerprint density at radius 3 is 1.40 bits per heavy atom. The highest BCUT2D eigenvalue weighted by Crippen LogP contribution is 2.12. The molecule has 28 heteroatoms. The van der Waals surface area contributed by atoms with Gasteiger partial charge < -0.3 is 85.4 Å². The molecule has 0 radical (unpaired) electrons. The van der Waals surface area contributed by atoms with Crippen LogP contribution in [0.5, 0.6) is 0 Å². The summed E-state index contributed by atoms with van der Waals surface area (Å²) in [6.45, 7) is -2.97. The van der Waals surface area contributed by atoms with Crippen LogP contribution in [-0.2, 0) is 59.2 Å². The number of hydrogen-bond donors (Lipinski definition) is 16. The number of Topliss-reactive ketones (excluding diaryl/α,β-unsaturated/α-hetero) is 1. The van der Waals surface area contributed by atoms with Crippen molar-refractivity contribution < 1.29 is 78.3 Å². The van der Waals surface area contributed by atoms with Gasteiger partial charge in [0.25, 0.3) is 0 Å². The Morgan fingerprint density at radius 1 is 0.581 bits per heavy atom.